The Morgan fingerprint density at radius 2 is 2.11 bits per heavy atom. The predicted molar refractivity (Wildman–Crippen MR) is 76.5 cm³/mol. The van der Waals surface area contributed by atoms with Crippen LogP contribution >= 0.6 is 0 Å². The zero-order valence-corrected chi connectivity index (χ0v) is 12.0. The Bertz CT molecular complexity index is 566. The Morgan fingerprint density at radius 1 is 1.32 bits per heavy atom. The Balaban J connectivity index is 2.14. The van der Waals surface area contributed by atoms with E-state index in [0.29, 0.717) is 5.69 Å². The van der Waals surface area contributed by atoms with Gasteiger partial charge in [0.1, 0.15) is 11.5 Å². The zero-order valence-electron chi connectivity index (χ0n) is 12.0. The molecule has 1 amide bonds. The molecule has 2 heterocycles. The van der Waals surface area contributed by atoms with E-state index < -0.39 is 0 Å². The molecule has 4 heteroatoms. The molecule has 0 atom stereocenters. The van der Waals surface area contributed by atoms with Gasteiger partial charge in [0.2, 0.25) is 0 Å². The Kier molecular flexibility index (Phi) is 4.30. The highest BCUT2D eigenvalue weighted by Gasteiger charge is 2.16. The molecule has 0 unspecified atom stereocenters. The summed E-state index contributed by atoms with van der Waals surface area (Å²) in [7, 11) is 0. The van der Waals surface area contributed by atoms with Gasteiger partial charge in [0.05, 0.1) is 5.52 Å². The van der Waals surface area contributed by atoms with Gasteiger partial charge < -0.3 is 14.3 Å². The number of nitrogens with zero attached hydrogens (tertiary/aromatic N) is 1. The van der Waals surface area contributed by atoms with Crippen LogP contribution in [-0.4, -0.2) is 17.0 Å². The summed E-state index contributed by atoms with van der Waals surface area (Å²) in [6.07, 6.45) is 3.34. The van der Waals surface area contributed by atoms with Gasteiger partial charge >= 0.3 is 0 Å². The van der Waals surface area contributed by atoms with Crippen LogP contribution in [0.25, 0.3) is 11.1 Å². The number of hydrogen-bond donors (Lipinski definition) is 1. The van der Waals surface area contributed by atoms with Crippen LogP contribution in [0.2, 0.25) is 0 Å². The van der Waals surface area contributed by atoms with Crippen molar-refractivity contribution in [2.75, 3.05) is 6.54 Å². The molecular formula is C15H22N2O2. The first kappa shape index (κ1) is 13.7. The first-order valence-corrected chi connectivity index (χ1v) is 7.05. The second-order valence-corrected chi connectivity index (χ2v) is 4.84. The van der Waals surface area contributed by atoms with Crippen LogP contribution in [0.15, 0.2) is 16.5 Å². The van der Waals surface area contributed by atoms with Crippen molar-refractivity contribution in [3.8, 4) is 0 Å². The fourth-order valence-corrected chi connectivity index (χ4v) is 2.36. The number of nitrogens with one attached hydrogen (secondary N) is 1. The average Bonchev–Trinajstić information content (AvgIpc) is 2.89. The smallest absolute Gasteiger partial charge is 0.268 e. The molecular weight excluding hydrogens is 240 g/mol. The molecule has 0 aromatic carbocycles. The van der Waals surface area contributed by atoms with Gasteiger partial charge in [-0.3, -0.25) is 4.79 Å². The third-order valence-corrected chi connectivity index (χ3v) is 3.33. The van der Waals surface area contributed by atoms with Gasteiger partial charge in [-0.25, -0.2) is 0 Å². The van der Waals surface area contributed by atoms with E-state index in [9.17, 15) is 4.79 Å². The molecule has 19 heavy (non-hydrogen) atoms. The minimum Gasteiger partial charge on any atom is -0.460 e. The van der Waals surface area contributed by atoms with E-state index in [1.165, 1.54) is 0 Å². The van der Waals surface area contributed by atoms with E-state index in [1.54, 1.807) is 0 Å². The fourth-order valence-electron chi connectivity index (χ4n) is 2.36. The van der Waals surface area contributed by atoms with Gasteiger partial charge in [0.25, 0.3) is 5.91 Å². The van der Waals surface area contributed by atoms with Gasteiger partial charge in [-0.15, -0.1) is 0 Å². The minimum absolute atomic E-state index is 0.0120. The molecule has 1 N–H and O–H groups in total. The van der Waals surface area contributed by atoms with Crippen molar-refractivity contribution in [3.05, 3.63) is 23.6 Å². The summed E-state index contributed by atoms with van der Waals surface area (Å²) in [6.45, 7) is 7.61. The van der Waals surface area contributed by atoms with Crippen LogP contribution in [0.4, 0.5) is 0 Å². The van der Waals surface area contributed by atoms with Crippen LogP contribution in [0.3, 0.4) is 0 Å². The Morgan fingerprint density at radius 3 is 2.79 bits per heavy atom. The number of unbranched alkanes of at least 4 members (excludes halogenated alkanes) is 2. The molecule has 0 saturated carbocycles. The molecule has 2 aromatic rings. The second-order valence-electron chi connectivity index (χ2n) is 4.84. The molecule has 0 aliphatic carbocycles. The molecule has 104 valence electrons. The summed E-state index contributed by atoms with van der Waals surface area (Å²) in [5.41, 5.74) is 2.48. The van der Waals surface area contributed by atoms with Gasteiger partial charge in [0, 0.05) is 25.2 Å². The topological polar surface area (TPSA) is 47.2 Å². The van der Waals surface area contributed by atoms with Gasteiger partial charge in [-0.2, -0.15) is 0 Å². The number of rotatable bonds is 6. The van der Waals surface area contributed by atoms with E-state index in [4.69, 9.17) is 4.42 Å². The van der Waals surface area contributed by atoms with Crippen LogP contribution in [0.1, 0.15) is 49.4 Å². The number of hydrogen-bond acceptors (Lipinski definition) is 2. The number of aryl methyl sites for hydroxylation is 2. The van der Waals surface area contributed by atoms with Gasteiger partial charge in [0.15, 0.2) is 5.58 Å². The van der Waals surface area contributed by atoms with Crippen LogP contribution in [0, 0.1) is 6.92 Å². The van der Waals surface area contributed by atoms with Gasteiger partial charge in [-0.1, -0.05) is 19.8 Å². The first-order valence-electron chi connectivity index (χ1n) is 7.05. The number of furan rings is 1. The first-order chi connectivity index (χ1) is 9.17. The minimum atomic E-state index is -0.0120. The molecule has 0 fully saturated rings. The molecule has 0 bridgehead atoms. The van der Waals surface area contributed by atoms with Crippen molar-refractivity contribution in [1.29, 1.82) is 0 Å². The van der Waals surface area contributed by atoms with Crippen LogP contribution in [-0.2, 0) is 6.54 Å². The lowest BCUT2D eigenvalue weighted by atomic mass is 10.2. The van der Waals surface area contributed by atoms with E-state index in [-0.39, 0.29) is 5.91 Å². The maximum absolute atomic E-state index is 12.2. The van der Waals surface area contributed by atoms with Crippen molar-refractivity contribution in [2.24, 2.45) is 0 Å². The third-order valence-electron chi connectivity index (χ3n) is 3.33. The molecule has 2 aromatic heterocycles. The highest BCUT2D eigenvalue weighted by Crippen LogP contribution is 2.23. The lowest BCUT2D eigenvalue weighted by Gasteiger charge is -2.08. The largest absolute Gasteiger partial charge is 0.460 e. The SMILES string of the molecule is CCCCCNC(=O)c1cc2oc(C)cc2n1CC. The standard InChI is InChI=1S/C15H22N2O2/c1-4-6-7-8-16-15(18)13-10-14-12(17(13)5-2)9-11(3)19-14/h9-10H,4-8H2,1-3H3,(H,16,18). The summed E-state index contributed by atoms with van der Waals surface area (Å²) < 4.78 is 7.58. The van der Waals surface area contributed by atoms with E-state index >= 15 is 0 Å². The Hall–Kier alpha value is -1.71. The number of amides is 1. The van der Waals surface area contributed by atoms with Crippen molar-refractivity contribution < 1.29 is 9.21 Å². The van der Waals surface area contributed by atoms with E-state index in [2.05, 4.69) is 12.2 Å². The average molecular weight is 262 g/mol. The van der Waals surface area contributed by atoms with E-state index in [0.717, 1.165) is 49.2 Å². The summed E-state index contributed by atoms with van der Waals surface area (Å²) in [4.78, 5) is 12.2. The number of aromatic nitrogens is 1. The monoisotopic (exact) mass is 262 g/mol. The lowest BCUT2D eigenvalue weighted by molar-refractivity contribution is 0.0944. The third kappa shape index (κ3) is 2.83. The maximum Gasteiger partial charge on any atom is 0.268 e. The van der Waals surface area contributed by atoms with Crippen molar-refractivity contribution >= 4 is 17.0 Å². The summed E-state index contributed by atoms with van der Waals surface area (Å²) in [6, 6.07) is 3.81. The van der Waals surface area contributed by atoms with Crippen molar-refractivity contribution in [2.45, 2.75) is 46.6 Å². The fraction of sp³-hybridized carbons (Fsp3) is 0.533. The summed E-state index contributed by atoms with van der Waals surface area (Å²) in [5.74, 6) is 0.865. The summed E-state index contributed by atoms with van der Waals surface area (Å²) >= 11 is 0. The Labute approximate surface area is 113 Å². The number of carbonyl (C=O) groups excluding carboxylic acids is 1. The molecule has 4 nitrogen and oxygen atoms in total. The second kappa shape index (κ2) is 5.95. The number of carbonyl (C=O) groups is 1. The molecule has 0 saturated heterocycles. The molecule has 0 aliphatic rings. The molecule has 2 rings (SSSR count). The van der Waals surface area contributed by atoms with Crippen molar-refractivity contribution in [1.82, 2.24) is 9.88 Å². The quantitative estimate of drug-likeness (QED) is 0.810. The molecule has 0 aliphatic heterocycles. The normalized spacial score (nSPS) is 11.1. The molecule has 0 spiro atoms. The zero-order chi connectivity index (χ0) is 13.8. The summed E-state index contributed by atoms with van der Waals surface area (Å²) in [5, 5.41) is 2.97. The predicted octanol–water partition coefficient (Wildman–Crippen LogP) is 3.48. The van der Waals surface area contributed by atoms with Crippen LogP contribution < -0.4 is 5.32 Å². The lowest BCUT2D eigenvalue weighted by Crippen LogP contribution is -2.26. The number of fused-ring (bicyclic) bond motifs is 1. The van der Waals surface area contributed by atoms with E-state index in [1.807, 2.05) is 30.5 Å². The van der Waals surface area contributed by atoms with Crippen molar-refractivity contribution in [3.63, 3.8) is 0 Å². The maximum atomic E-state index is 12.2. The molecule has 0 radical (unpaired) electrons. The van der Waals surface area contributed by atoms with Gasteiger partial charge in [-0.05, 0) is 20.3 Å². The highest BCUT2D eigenvalue weighted by molar-refractivity contribution is 5.97. The van der Waals surface area contributed by atoms with Crippen LogP contribution in [0.5, 0.6) is 0 Å². The highest BCUT2D eigenvalue weighted by atomic mass is 16.3.